The minimum atomic E-state index is -0.677. The lowest BCUT2D eigenvalue weighted by Crippen LogP contribution is -2.53. The normalized spacial score (nSPS) is 21.0. The quantitative estimate of drug-likeness (QED) is 0.163. The molecule has 0 bridgehead atoms. The van der Waals surface area contributed by atoms with Crippen molar-refractivity contribution in [3.63, 3.8) is 0 Å². The number of para-hydroxylation sites is 1. The second-order valence-electron chi connectivity index (χ2n) is 13.8. The van der Waals surface area contributed by atoms with Crippen LogP contribution in [0, 0.1) is 30.2 Å². The highest BCUT2D eigenvalue weighted by atomic mass is 79.9. The first kappa shape index (κ1) is 34.7. The first-order chi connectivity index (χ1) is 23.2. The predicted octanol–water partition coefficient (Wildman–Crippen LogP) is 5.95. The van der Waals surface area contributed by atoms with Crippen LogP contribution in [0.4, 0.5) is 10.5 Å². The molecule has 2 N–H and O–H groups in total. The van der Waals surface area contributed by atoms with E-state index < -0.39 is 6.04 Å². The van der Waals surface area contributed by atoms with Gasteiger partial charge in [0, 0.05) is 59.8 Å². The predicted molar refractivity (Wildman–Crippen MR) is 195 cm³/mol. The number of urea groups is 1. The van der Waals surface area contributed by atoms with Crippen molar-refractivity contribution in [3.8, 4) is 6.19 Å². The van der Waals surface area contributed by atoms with Gasteiger partial charge in [0.05, 0.1) is 0 Å². The van der Waals surface area contributed by atoms with Crippen molar-refractivity contribution < 1.29 is 9.59 Å². The Morgan fingerprint density at radius 2 is 1.58 bits per heavy atom. The summed E-state index contributed by atoms with van der Waals surface area (Å²) in [4.78, 5) is 40.7. The number of hydrogen-bond donors (Lipinski definition) is 2. The number of guanidine groups is 1. The largest absolute Gasteiger partial charge is 0.342 e. The molecule has 2 aromatic carbocycles. The molecule has 4 aliphatic heterocycles. The molecule has 0 radical (unpaired) electrons. The Kier molecular flexibility index (Phi) is 11.3. The van der Waals surface area contributed by atoms with E-state index in [1.54, 1.807) is 0 Å². The van der Waals surface area contributed by atoms with E-state index in [4.69, 9.17) is 4.99 Å². The maximum absolute atomic E-state index is 14.3. The standard InChI is InChI=1S/C36H46Br2N8O2/c1-24-30(37)19-25(20-31(24)38)21-33(34(47)44-15-9-27(10-16-44)26-7-13-43(2)14-8-26)41-35(40-23-39)45-17-11-29(12-18-45)46-22-28-5-3-4-6-32(28)42-36(46)48/h3-6,19-20,26-27,29,33H,7-18,21-22H2,1-2H3,(H,40,41)(H,42,48). The topological polar surface area (TPSA) is 107 Å². The number of carbonyl (C=O) groups is 2. The lowest BCUT2D eigenvalue weighted by Gasteiger charge is -2.41. The first-order valence-corrected chi connectivity index (χ1v) is 18.8. The van der Waals surface area contributed by atoms with Gasteiger partial charge in [-0.2, -0.15) is 5.26 Å². The summed E-state index contributed by atoms with van der Waals surface area (Å²) >= 11 is 7.36. The van der Waals surface area contributed by atoms with E-state index in [-0.39, 0.29) is 18.0 Å². The van der Waals surface area contributed by atoms with Crippen LogP contribution in [0.5, 0.6) is 0 Å². The van der Waals surface area contributed by atoms with E-state index in [0.717, 1.165) is 89.1 Å². The molecule has 3 fully saturated rings. The van der Waals surface area contributed by atoms with Gasteiger partial charge in [0.2, 0.25) is 11.9 Å². The number of hydrogen-bond acceptors (Lipinski definition) is 5. The fourth-order valence-corrected chi connectivity index (χ4v) is 9.11. The molecular formula is C36H46Br2N8O2. The lowest BCUT2D eigenvalue weighted by atomic mass is 9.79. The van der Waals surface area contributed by atoms with E-state index in [1.165, 1.54) is 12.8 Å². The number of halogens is 2. The van der Waals surface area contributed by atoms with Gasteiger partial charge in [-0.25, -0.2) is 9.79 Å². The SMILES string of the molecule is Cc1c(Br)cc(CC(N=C(NC#N)N2CCC(N3Cc4ccccc4NC3=O)CC2)C(=O)N2CCC(C3CCN(C)CC3)CC2)cc1Br. The Hall–Kier alpha value is -3.14. The Morgan fingerprint density at radius 1 is 0.979 bits per heavy atom. The molecule has 256 valence electrons. The van der Waals surface area contributed by atoms with Crippen molar-refractivity contribution in [2.24, 2.45) is 16.8 Å². The zero-order valence-electron chi connectivity index (χ0n) is 27.9. The van der Waals surface area contributed by atoms with Crippen LogP contribution in [0.3, 0.4) is 0 Å². The fourth-order valence-electron chi connectivity index (χ4n) is 7.83. The first-order valence-electron chi connectivity index (χ1n) is 17.3. The Balaban J connectivity index is 1.17. The highest BCUT2D eigenvalue weighted by molar-refractivity contribution is 9.11. The summed E-state index contributed by atoms with van der Waals surface area (Å²) < 4.78 is 1.95. The van der Waals surface area contributed by atoms with Gasteiger partial charge in [0.15, 0.2) is 6.19 Å². The molecular weight excluding hydrogens is 736 g/mol. The number of anilines is 1. The van der Waals surface area contributed by atoms with Crippen molar-refractivity contribution in [1.82, 2.24) is 24.9 Å². The number of fused-ring (bicyclic) bond motifs is 1. The highest BCUT2D eigenvalue weighted by Gasteiger charge is 2.35. The molecule has 1 unspecified atom stereocenters. The number of piperidine rings is 3. The van der Waals surface area contributed by atoms with E-state index in [1.807, 2.05) is 34.9 Å². The second kappa shape index (κ2) is 15.6. The van der Waals surface area contributed by atoms with Gasteiger partial charge in [-0.1, -0.05) is 50.1 Å². The van der Waals surface area contributed by atoms with Crippen molar-refractivity contribution >= 4 is 55.4 Å². The third kappa shape index (κ3) is 8.01. The fraction of sp³-hybridized carbons (Fsp3) is 0.556. The molecule has 3 amide bonds. The summed E-state index contributed by atoms with van der Waals surface area (Å²) in [5.74, 6) is 1.85. The van der Waals surface area contributed by atoms with Gasteiger partial charge in [-0.05, 0) is 112 Å². The van der Waals surface area contributed by atoms with Crippen LogP contribution in [0.2, 0.25) is 0 Å². The lowest BCUT2D eigenvalue weighted by molar-refractivity contribution is -0.134. The molecule has 4 aliphatic rings. The summed E-state index contributed by atoms with van der Waals surface area (Å²) in [6.45, 7) is 7.67. The van der Waals surface area contributed by atoms with Gasteiger partial charge in [0.25, 0.3) is 0 Å². The Bertz CT molecular complexity index is 1530. The maximum Gasteiger partial charge on any atom is 0.322 e. The summed E-state index contributed by atoms with van der Waals surface area (Å²) in [6, 6.07) is 11.4. The molecule has 48 heavy (non-hydrogen) atoms. The monoisotopic (exact) mass is 780 g/mol. The number of amides is 3. The molecule has 3 saturated heterocycles. The minimum Gasteiger partial charge on any atom is -0.342 e. The Labute approximate surface area is 301 Å². The van der Waals surface area contributed by atoms with Crippen LogP contribution in [-0.4, -0.2) is 95.9 Å². The summed E-state index contributed by atoms with van der Waals surface area (Å²) in [5.41, 5.74) is 4.08. The van der Waals surface area contributed by atoms with Gasteiger partial charge in [0.1, 0.15) is 6.04 Å². The zero-order valence-corrected chi connectivity index (χ0v) is 31.1. The molecule has 6 rings (SSSR count). The average molecular weight is 783 g/mol. The van der Waals surface area contributed by atoms with Crippen LogP contribution in [0.25, 0.3) is 0 Å². The van der Waals surface area contributed by atoms with E-state index in [9.17, 15) is 14.9 Å². The number of rotatable bonds is 6. The van der Waals surface area contributed by atoms with Crippen LogP contribution < -0.4 is 10.6 Å². The Morgan fingerprint density at radius 3 is 2.23 bits per heavy atom. The molecule has 0 aliphatic carbocycles. The molecule has 12 heteroatoms. The van der Waals surface area contributed by atoms with Crippen molar-refractivity contribution in [2.75, 3.05) is 51.6 Å². The van der Waals surface area contributed by atoms with E-state index in [2.05, 4.69) is 83.7 Å². The number of benzene rings is 2. The third-order valence-electron chi connectivity index (χ3n) is 10.8. The number of likely N-dealkylation sites (tertiary alicyclic amines) is 3. The van der Waals surface area contributed by atoms with Crippen molar-refractivity contribution in [1.29, 1.82) is 5.26 Å². The summed E-state index contributed by atoms with van der Waals surface area (Å²) in [5, 5.41) is 15.6. The molecule has 4 heterocycles. The third-order valence-corrected chi connectivity index (χ3v) is 12.5. The molecule has 0 spiro atoms. The maximum atomic E-state index is 14.3. The van der Waals surface area contributed by atoms with Crippen molar-refractivity contribution in [2.45, 2.75) is 70.5 Å². The molecule has 10 nitrogen and oxygen atoms in total. The van der Waals surface area contributed by atoms with Gasteiger partial charge >= 0.3 is 6.03 Å². The van der Waals surface area contributed by atoms with Gasteiger partial charge < -0.3 is 24.9 Å². The summed E-state index contributed by atoms with van der Waals surface area (Å²) in [7, 11) is 2.20. The molecule has 2 aromatic rings. The number of carbonyl (C=O) groups excluding carboxylic acids is 2. The van der Waals surface area contributed by atoms with Crippen LogP contribution in [0.15, 0.2) is 50.3 Å². The van der Waals surface area contributed by atoms with Crippen molar-refractivity contribution in [3.05, 3.63) is 62.0 Å². The second-order valence-corrected chi connectivity index (χ2v) is 15.5. The van der Waals surface area contributed by atoms with Crippen LogP contribution in [0.1, 0.15) is 55.2 Å². The van der Waals surface area contributed by atoms with E-state index >= 15 is 0 Å². The van der Waals surface area contributed by atoms with E-state index in [0.29, 0.717) is 37.9 Å². The molecule has 0 aromatic heterocycles. The summed E-state index contributed by atoms with van der Waals surface area (Å²) in [6.07, 6.45) is 8.53. The highest BCUT2D eigenvalue weighted by Crippen LogP contribution is 2.33. The van der Waals surface area contributed by atoms with Crippen LogP contribution >= 0.6 is 31.9 Å². The van der Waals surface area contributed by atoms with Gasteiger partial charge in [-0.3, -0.25) is 10.1 Å². The number of aliphatic imine (C=N–C) groups is 1. The minimum absolute atomic E-state index is 0.0143. The number of nitriles is 1. The average Bonchev–Trinajstić information content (AvgIpc) is 3.10. The molecule has 0 saturated carbocycles. The number of nitrogens with one attached hydrogen (secondary N) is 2. The zero-order chi connectivity index (χ0) is 33.8. The van der Waals surface area contributed by atoms with Crippen LogP contribution in [-0.2, 0) is 17.8 Å². The van der Waals surface area contributed by atoms with Gasteiger partial charge in [-0.15, -0.1) is 0 Å². The number of nitrogens with zero attached hydrogens (tertiary/aromatic N) is 6. The molecule has 1 atom stereocenters. The smallest absolute Gasteiger partial charge is 0.322 e.